The van der Waals surface area contributed by atoms with E-state index in [1.54, 1.807) is 4.90 Å². The first-order valence-corrected chi connectivity index (χ1v) is 9.79. The van der Waals surface area contributed by atoms with Gasteiger partial charge in [-0.25, -0.2) is 4.79 Å². The fourth-order valence-corrected chi connectivity index (χ4v) is 5.03. The van der Waals surface area contributed by atoms with Crippen molar-refractivity contribution < 1.29 is 9.90 Å². The van der Waals surface area contributed by atoms with Gasteiger partial charge in [0.1, 0.15) is 0 Å². The first kappa shape index (κ1) is 17.9. The zero-order chi connectivity index (χ0) is 19.2. The molecule has 4 heteroatoms. The van der Waals surface area contributed by atoms with E-state index in [9.17, 15) is 9.90 Å². The molecule has 4 nitrogen and oxygen atoms in total. The van der Waals surface area contributed by atoms with Crippen LogP contribution >= 0.6 is 0 Å². The monoisotopic (exact) mass is 364 g/mol. The van der Waals surface area contributed by atoms with E-state index in [1.165, 1.54) is 5.56 Å². The van der Waals surface area contributed by atoms with Gasteiger partial charge in [-0.15, -0.1) is 0 Å². The van der Waals surface area contributed by atoms with Crippen LogP contribution < -0.4 is 5.32 Å². The molecule has 27 heavy (non-hydrogen) atoms. The Hall–Kier alpha value is -2.49. The minimum absolute atomic E-state index is 0.0128. The molecule has 2 heterocycles. The first-order valence-electron chi connectivity index (χ1n) is 9.79. The number of nitrogens with zero attached hydrogens (tertiary/aromatic N) is 1. The van der Waals surface area contributed by atoms with E-state index in [0.717, 1.165) is 24.1 Å². The highest BCUT2D eigenvalue weighted by Crippen LogP contribution is 2.53. The van der Waals surface area contributed by atoms with Crippen LogP contribution in [0.2, 0.25) is 0 Å². The first-order chi connectivity index (χ1) is 12.9. The molecule has 1 saturated heterocycles. The Labute approximate surface area is 161 Å². The standard InChI is InChI=1S/C23H28N2O2/c1-23(2,3)19-14-13-17-20(15-9-5-4-6-10-15)24-18-12-8-7-11-16(18)21(17)25(19)22(26)27/h4-12,17,19-21,24H,13-14H2,1-3H3,(H,26,27)/t17-,19?,20-,21+/m0/s1. The average molecular weight is 364 g/mol. The number of likely N-dealkylation sites (tertiary alicyclic amines) is 1. The number of benzene rings is 2. The zero-order valence-corrected chi connectivity index (χ0v) is 16.2. The van der Waals surface area contributed by atoms with E-state index in [-0.39, 0.29) is 29.5 Å². The summed E-state index contributed by atoms with van der Waals surface area (Å²) in [4.78, 5) is 14.2. The summed E-state index contributed by atoms with van der Waals surface area (Å²) in [6, 6.07) is 18.6. The number of anilines is 1. The van der Waals surface area contributed by atoms with Crippen molar-refractivity contribution in [1.29, 1.82) is 0 Å². The fraction of sp³-hybridized carbons (Fsp3) is 0.435. The van der Waals surface area contributed by atoms with Gasteiger partial charge in [0.2, 0.25) is 0 Å². The minimum Gasteiger partial charge on any atom is -0.465 e. The normalized spacial score (nSPS) is 27.3. The molecule has 1 amide bonds. The van der Waals surface area contributed by atoms with Crippen LogP contribution in [0, 0.1) is 11.3 Å². The van der Waals surface area contributed by atoms with Gasteiger partial charge in [-0.3, -0.25) is 4.90 Å². The second-order valence-electron chi connectivity index (χ2n) is 8.88. The SMILES string of the molecule is CC(C)(C)C1CC[C@@H]2[C@@H](c3ccccc3N[C@H]2c2ccccc2)N1C(=O)O. The van der Waals surface area contributed by atoms with Crippen molar-refractivity contribution in [1.82, 2.24) is 4.90 Å². The summed E-state index contributed by atoms with van der Waals surface area (Å²) in [6.45, 7) is 6.45. The molecule has 2 aliphatic heterocycles. The summed E-state index contributed by atoms with van der Waals surface area (Å²) >= 11 is 0. The third-order valence-corrected chi connectivity index (χ3v) is 6.21. The fourth-order valence-electron chi connectivity index (χ4n) is 5.03. The van der Waals surface area contributed by atoms with Crippen LogP contribution in [0.5, 0.6) is 0 Å². The van der Waals surface area contributed by atoms with Gasteiger partial charge >= 0.3 is 6.09 Å². The van der Waals surface area contributed by atoms with Crippen LogP contribution in [0.1, 0.15) is 56.8 Å². The molecule has 0 bridgehead atoms. The number of carbonyl (C=O) groups is 1. The van der Waals surface area contributed by atoms with Crippen molar-refractivity contribution in [2.45, 2.75) is 51.7 Å². The van der Waals surface area contributed by atoms with Gasteiger partial charge in [0.05, 0.1) is 12.1 Å². The highest BCUT2D eigenvalue weighted by Gasteiger charge is 2.50. The van der Waals surface area contributed by atoms with Gasteiger partial charge in [-0.2, -0.15) is 0 Å². The predicted molar refractivity (Wildman–Crippen MR) is 108 cm³/mol. The number of hydrogen-bond donors (Lipinski definition) is 2. The lowest BCUT2D eigenvalue weighted by molar-refractivity contribution is -0.00931. The average Bonchev–Trinajstić information content (AvgIpc) is 2.66. The number of nitrogens with one attached hydrogen (secondary N) is 1. The molecule has 0 spiro atoms. The molecule has 0 aromatic heterocycles. The molecular formula is C23H28N2O2. The molecule has 4 rings (SSSR count). The highest BCUT2D eigenvalue weighted by molar-refractivity contribution is 5.69. The number of piperidine rings is 1. The molecule has 0 radical (unpaired) electrons. The van der Waals surface area contributed by atoms with E-state index in [2.05, 4.69) is 62.5 Å². The van der Waals surface area contributed by atoms with Crippen molar-refractivity contribution in [3.63, 3.8) is 0 Å². The van der Waals surface area contributed by atoms with Gasteiger partial charge in [0, 0.05) is 17.6 Å². The second-order valence-corrected chi connectivity index (χ2v) is 8.88. The number of rotatable bonds is 1. The molecule has 2 aromatic rings. The lowest BCUT2D eigenvalue weighted by Crippen LogP contribution is -2.56. The smallest absolute Gasteiger partial charge is 0.408 e. The number of amides is 1. The number of carboxylic acid groups (broad SMARTS) is 1. The molecule has 1 unspecified atom stereocenters. The lowest BCUT2D eigenvalue weighted by atomic mass is 9.69. The molecule has 2 aromatic carbocycles. The maximum absolute atomic E-state index is 12.4. The number of fused-ring (bicyclic) bond motifs is 3. The molecular weight excluding hydrogens is 336 g/mol. The van der Waals surface area contributed by atoms with E-state index < -0.39 is 6.09 Å². The summed E-state index contributed by atoms with van der Waals surface area (Å²) < 4.78 is 0. The molecule has 4 atom stereocenters. The van der Waals surface area contributed by atoms with Crippen LogP contribution in [0.4, 0.5) is 10.5 Å². The Morgan fingerprint density at radius 1 is 1.04 bits per heavy atom. The Morgan fingerprint density at radius 2 is 1.70 bits per heavy atom. The van der Waals surface area contributed by atoms with E-state index >= 15 is 0 Å². The second kappa shape index (κ2) is 6.59. The molecule has 1 fully saturated rings. The summed E-state index contributed by atoms with van der Waals surface area (Å²) in [7, 11) is 0. The maximum Gasteiger partial charge on any atom is 0.408 e. The minimum atomic E-state index is -0.812. The molecule has 2 N–H and O–H groups in total. The van der Waals surface area contributed by atoms with Gasteiger partial charge in [0.15, 0.2) is 0 Å². The van der Waals surface area contributed by atoms with Crippen molar-refractivity contribution in [2.75, 3.05) is 5.32 Å². The zero-order valence-electron chi connectivity index (χ0n) is 16.2. The topological polar surface area (TPSA) is 52.6 Å². The van der Waals surface area contributed by atoms with Crippen molar-refractivity contribution in [2.24, 2.45) is 11.3 Å². The van der Waals surface area contributed by atoms with Crippen LogP contribution in [0.3, 0.4) is 0 Å². The third kappa shape index (κ3) is 3.07. The summed E-state index contributed by atoms with van der Waals surface area (Å²) in [6.07, 6.45) is 1.09. The van der Waals surface area contributed by atoms with Gasteiger partial charge < -0.3 is 10.4 Å². The van der Waals surface area contributed by atoms with Crippen LogP contribution in [0.15, 0.2) is 54.6 Å². The third-order valence-electron chi connectivity index (χ3n) is 6.21. The van der Waals surface area contributed by atoms with Crippen LogP contribution in [-0.4, -0.2) is 22.1 Å². The highest BCUT2D eigenvalue weighted by atomic mass is 16.4. The van der Waals surface area contributed by atoms with Crippen LogP contribution in [-0.2, 0) is 0 Å². The Bertz CT molecular complexity index is 828. The van der Waals surface area contributed by atoms with E-state index in [0.29, 0.717) is 0 Å². The van der Waals surface area contributed by atoms with Crippen molar-refractivity contribution in [3.8, 4) is 0 Å². The summed E-state index contributed by atoms with van der Waals surface area (Å²) in [5.74, 6) is 0.219. The number of para-hydroxylation sites is 1. The Morgan fingerprint density at radius 3 is 2.37 bits per heavy atom. The van der Waals surface area contributed by atoms with Crippen LogP contribution in [0.25, 0.3) is 0 Å². The Balaban J connectivity index is 1.84. The molecule has 2 aliphatic rings. The van der Waals surface area contributed by atoms with Crippen molar-refractivity contribution >= 4 is 11.8 Å². The van der Waals surface area contributed by atoms with E-state index in [4.69, 9.17) is 0 Å². The van der Waals surface area contributed by atoms with Gasteiger partial charge in [-0.05, 0) is 35.4 Å². The van der Waals surface area contributed by atoms with Gasteiger partial charge in [-0.1, -0.05) is 69.3 Å². The molecule has 0 saturated carbocycles. The molecule has 142 valence electrons. The lowest BCUT2D eigenvalue weighted by Gasteiger charge is -2.54. The van der Waals surface area contributed by atoms with Gasteiger partial charge in [0.25, 0.3) is 0 Å². The quantitative estimate of drug-likeness (QED) is 0.682. The Kier molecular flexibility index (Phi) is 4.37. The van der Waals surface area contributed by atoms with E-state index in [1.807, 2.05) is 18.2 Å². The number of hydrogen-bond acceptors (Lipinski definition) is 2. The predicted octanol–water partition coefficient (Wildman–Crippen LogP) is 5.70. The largest absolute Gasteiger partial charge is 0.465 e. The summed E-state index contributed by atoms with van der Waals surface area (Å²) in [5, 5.41) is 13.9. The molecule has 0 aliphatic carbocycles. The van der Waals surface area contributed by atoms with Crippen molar-refractivity contribution in [3.05, 3.63) is 65.7 Å². The maximum atomic E-state index is 12.4. The summed E-state index contributed by atoms with van der Waals surface area (Å²) in [5.41, 5.74) is 3.28.